The third kappa shape index (κ3) is 4.31. The van der Waals surface area contributed by atoms with Crippen LogP contribution in [0.25, 0.3) is 0 Å². The second-order valence-electron chi connectivity index (χ2n) is 8.23. The number of amides is 1. The minimum absolute atomic E-state index is 0. The molecule has 0 aromatic heterocycles. The van der Waals surface area contributed by atoms with E-state index < -0.39 is 16.1 Å². The van der Waals surface area contributed by atoms with Gasteiger partial charge in [0.2, 0.25) is 15.9 Å². The zero-order valence-corrected chi connectivity index (χ0v) is 17.9. The van der Waals surface area contributed by atoms with Crippen molar-refractivity contribution in [1.29, 1.82) is 0 Å². The lowest BCUT2D eigenvalue weighted by Gasteiger charge is -2.43. The third-order valence-corrected chi connectivity index (χ3v) is 7.66. The molecule has 1 amide bonds. The van der Waals surface area contributed by atoms with E-state index in [2.05, 4.69) is 13.8 Å². The Morgan fingerprint density at radius 3 is 2.37 bits per heavy atom. The van der Waals surface area contributed by atoms with E-state index in [1.807, 2.05) is 6.92 Å². The maximum Gasteiger partial charge on any atom is 0.243 e. The Balaban J connectivity index is 0.00000261. The van der Waals surface area contributed by atoms with Gasteiger partial charge in [-0.2, -0.15) is 4.31 Å². The lowest BCUT2D eigenvalue weighted by Crippen LogP contribution is -2.57. The molecule has 0 saturated carbocycles. The SMILES string of the molecule is Cc1ccc(S(=O)(=O)N2CCCC2C(=O)N2CCC(N)C(C)(C)C2)cc1.Cl. The van der Waals surface area contributed by atoms with Gasteiger partial charge in [0.05, 0.1) is 4.90 Å². The number of hydrogen-bond acceptors (Lipinski definition) is 4. The standard InChI is InChI=1S/C19H29N3O3S.ClH/c1-14-6-8-15(9-7-14)26(24,25)22-11-4-5-16(22)18(23)21-12-10-17(20)19(2,3)13-21;/h6-9,16-17H,4-5,10-13,20H2,1-3H3;1H. The molecule has 2 N–H and O–H groups in total. The van der Waals surface area contributed by atoms with Crippen LogP contribution in [0.2, 0.25) is 0 Å². The largest absolute Gasteiger partial charge is 0.341 e. The first-order chi connectivity index (χ1) is 12.1. The van der Waals surface area contributed by atoms with E-state index in [4.69, 9.17) is 5.73 Å². The van der Waals surface area contributed by atoms with Crippen molar-refractivity contribution < 1.29 is 13.2 Å². The van der Waals surface area contributed by atoms with Crippen molar-refractivity contribution in [1.82, 2.24) is 9.21 Å². The Bertz CT molecular complexity index is 780. The first kappa shape index (κ1) is 22.1. The lowest BCUT2D eigenvalue weighted by atomic mass is 9.79. The average molecular weight is 416 g/mol. The molecule has 2 aliphatic heterocycles. The number of aryl methyl sites for hydroxylation is 1. The van der Waals surface area contributed by atoms with Crippen LogP contribution in [0.1, 0.15) is 38.7 Å². The molecule has 3 rings (SSSR count). The van der Waals surface area contributed by atoms with Crippen molar-refractivity contribution in [3.05, 3.63) is 29.8 Å². The fraction of sp³-hybridized carbons (Fsp3) is 0.632. The molecule has 152 valence electrons. The number of benzene rings is 1. The fourth-order valence-corrected chi connectivity index (χ4v) is 5.54. The van der Waals surface area contributed by atoms with Gasteiger partial charge in [-0.3, -0.25) is 4.79 Å². The smallest absolute Gasteiger partial charge is 0.243 e. The number of carbonyl (C=O) groups excluding carboxylic acids is 1. The molecule has 27 heavy (non-hydrogen) atoms. The molecular formula is C19H30ClN3O3S. The minimum Gasteiger partial charge on any atom is -0.341 e. The van der Waals surface area contributed by atoms with Gasteiger partial charge < -0.3 is 10.6 Å². The minimum atomic E-state index is -3.67. The lowest BCUT2D eigenvalue weighted by molar-refractivity contribution is -0.138. The molecule has 2 heterocycles. The quantitative estimate of drug-likeness (QED) is 0.819. The number of nitrogens with two attached hydrogens (primary N) is 1. The third-order valence-electron chi connectivity index (χ3n) is 5.74. The van der Waals surface area contributed by atoms with Gasteiger partial charge in [-0.15, -0.1) is 12.4 Å². The van der Waals surface area contributed by atoms with Crippen molar-refractivity contribution in [3.8, 4) is 0 Å². The molecule has 0 bridgehead atoms. The van der Waals surface area contributed by atoms with Crippen LogP contribution in [-0.2, 0) is 14.8 Å². The predicted octanol–water partition coefficient (Wildman–Crippen LogP) is 2.16. The number of likely N-dealkylation sites (tertiary alicyclic amines) is 1. The van der Waals surface area contributed by atoms with Crippen LogP contribution in [0.15, 0.2) is 29.2 Å². The molecule has 2 unspecified atom stereocenters. The summed E-state index contributed by atoms with van der Waals surface area (Å²) in [4.78, 5) is 15.2. The van der Waals surface area contributed by atoms with E-state index in [9.17, 15) is 13.2 Å². The van der Waals surface area contributed by atoms with Gasteiger partial charge in [-0.05, 0) is 43.7 Å². The predicted molar refractivity (Wildman–Crippen MR) is 108 cm³/mol. The van der Waals surface area contributed by atoms with E-state index in [1.165, 1.54) is 4.31 Å². The zero-order valence-electron chi connectivity index (χ0n) is 16.2. The second-order valence-corrected chi connectivity index (χ2v) is 10.1. The monoisotopic (exact) mass is 415 g/mol. The van der Waals surface area contributed by atoms with Crippen LogP contribution < -0.4 is 5.73 Å². The number of halogens is 1. The van der Waals surface area contributed by atoms with Crippen LogP contribution >= 0.6 is 12.4 Å². The molecule has 2 aliphatic rings. The summed E-state index contributed by atoms with van der Waals surface area (Å²) in [6.45, 7) is 7.60. The van der Waals surface area contributed by atoms with Crippen LogP contribution in [0.3, 0.4) is 0 Å². The summed E-state index contributed by atoms with van der Waals surface area (Å²) in [7, 11) is -3.67. The molecule has 0 spiro atoms. The number of carbonyl (C=O) groups is 1. The Morgan fingerprint density at radius 1 is 1.15 bits per heavy atom. The molecule has 8 heteroatoms. The summed E-state index contributed by atoms with van der Waals surface area (Å²) in [5.41, 5.74) is 7.01. The van der Waals surface area contributed by atoms with Gasteiger partial charge in [-0.25, -0.2) is 8.42 Å². The van der Waals surface area contributed by atoms with E-state index in [1.54, 1.807) is 29.2 Å². The number of piperidine rings is 1. The van der Waals surface area contributed by atoms with Crippen molar-refractivity contribution in [2.24, 2.45) is 11.1 Å². The van der Waals surface area contributed by atoms with Crippen LogP contribution in [0.4, 0.5) is 0 Å². The summed E-state index contributed by atoms with van der Waals surface area (Å²) in [6, 6.07) is 6.26. The van der Waals surface area contributed by atoms with E-state index >= 15 is 0 Å². The van der Waals surface area contributed by atoms with Crippen LogP contribution in [0, 0.1) is 12.3 Å². The molecule has 1 aromatic rings. The second kappa shape index (κ2) is 8.07. The molecule has 2 saturated heterocycles. The highest BCUT2D eigenvalue weighted by atomic mass is 35.5. The van der Waals surface area contributed by atoms with Crippen LogP contribution in [0.5, 0.6) is 0 Å². The summed E-state index contributed by atoms with van der Waals surface area (Å²) >= 11 is 0. The Labute approximate surface area is 168 Å². The van der Waals surface area contributed by atoms with Gasteiger partial charge in [0.1, 0.15) is 6.04 Å². The summed E-state index contributed by atoms with van der Waals surface area (Å²) in [5.74, 6) is -0.0850. The first-order valence-corrected chi connectivity index (χ1v) is 10.7. The van der Waals surface area contributed by atoms with Crippen molar-refractivity contribution >= 4 is 28.3 Å². The number of rotatable bonds is 3. The fourth-order valence-electron chi connectivity index (χ4n) is 3.89. The summed E-state index contributed by atoms with van der Waals surface area (Å²) in [6.07, 6.45) is 2.03. The maximum absolute atomic E-state index is 13.1. The number of nitrogens with zero attached hydrogens (tertiary/aromatic N) is 2. The van der Waals surface area contributed by atoms with E-state index in [0.717, 1.165) is 12.0 Å². The molecule has 0 aliphatic carbocycles. The topological polar surface area (TPSA) is 83.7 Å². The van der Waals surface area contributed by atoms with E-state index in [0.29, 0.717) is 32.5 Å². The number of sulfonamides is 1. The Hall–Kier alpha value is -1.15. The average Bonchev–Trinajstić information content (AvgIpc) is 3.07. The van der Waals surface area contributed by atoms with Gasteiger partial charge in [0.15, 0.2) is 0 Å². The maximum atomic E-state index is 13.1. The van der Waals surface area contributed by atoms with Gasteiger partial charge in [-0.1, -0.05) is 31.5 Å². The molecule has 2 atom stereocenters. The first-order valence-electron chi connectivity index (χ1n) is 9.26. The van der Waals surface area contributed by atoms with Gasteiger partial charge in [0.25, 0.3) is 0 Å². The molecule has 1 aromatic carbocycles. The highest BCUT2D eigenvalue weighted by Crippen LogP contribution is 2.32. The van der Waals surface area contributed by atoms with E-state index in [-0.39, 0.29) is 34.7 Å². The zero-order chi connectivity index (χ0) is 19.1. The van der Waals surface area contributed by atoms with Crippen molar-refractivity contribution in [2.45, 2.75) is 57.0 Å². The number of hydrogen-bond donors (Lipinski definition) is 1. The van der Waals surface area contributed by atoms with Crippen molar-refractivity contribution in [3.63, 3.8) is 0 Å². The molecule has 6 nitrogen and oxygen atoms in total. The molecule has 2 fully saturated rings. The van der Waals surface area contributed by atoms with Gasteiger partial charge >= 0.3 is 0 Å². The molecule has 0 radical (unpaired) electrons. The van der Waals surface area contributed by atoms with Gasteiger partial charge in [0, 0.05) is 25.7 Å². The molecular weight excluding hydrogens is 386 g/mol. The highest BCUT2D eigenvalue weighted by Gasteiger charge is 2.43. The Morgan fingerprint density at radius 2 is 1.78 bits per heavy atom. The van der Waals surface area contributed by atoms with Crippen molar-refractivity contribution in [2.75, 3.05) is 19.6 Å². The van der Waals surface area contributed by atoms with Crippen LogP contribution in [-0.4, -0.2) is 55.2 Å². The highest BCUT2D eigenvalue weighted by molar-refractivity contribution is 7.89. The normalized spacial score (nSPS) is 25.9. The summed E-state index contributed by atoms with van der Waals surface area (Å²) in [5, 5.41) is 0. The Kier molecular flexibility index (Phi) is 6.62. The summed E-state index contributed by atoms with van der Waals surface area (Å²) < 4.78 is 27.5.